The number of imidazole rings is 2. The van der Waals surface area contributed by atoms with Gasteiger partial charge in [0.05, 0.1) is 12.1 Å². The SMILES string of the molecule is Cc1nc(-c2nc(C(=O)N3CCN(C)CC3)c3ccccn23)cn1Cc1ccc(F)cc1F.O=C(O)C(F)(F)F. The van der Waals surface area contributed by atoms with Gasteiger partial charge in [-0.15, -0.1) is 0 Å². The van der Waals surface area contributed by atoms with Crippen molar-refractivity contribution in [2.45, 2.75) is 19.6 Å². The summed E-state index contributed by atoms with van der Waals surface area (Å²) >= 11 is 0. The number of likely N-dealkylation sites (N-methyl/N-ethyl adjacent to an activating group) is 1. The number of aromatic nitrogens is 4. The molecule has 40 heavy (non-hydrogen) atoms. The molecule has 1 saturated heterocycles. The van der Waals surface area contributed by atoms with E-state index in [0.717, 1.165) is 19.2 Å². The van der Waals surface area contributed by atoms with Crippen LogP contribution >= 0.6 is 0 Å². The first-order valence-corrected chi connectivity index (χ1v) is 12.1. The Balaban J connectivity index is 0.000000470. The Hall–Kier alpha value is -4.33. The van der Waals surface area contributed by atoms with E-state index in [1.807, 2.05) is 47.7 Å². The lowest BCUT2D eigenvalue weighted by Gasteiger charge is -2.32. The Morgan fingerprint density at radius 3 is 2.33 bits per heavy atom. The molecule has 0 bridgehead atoms. The van der Waals surface area contributed by atoms with Crippen LogP contribution in [0.5, 0.6) is 0 Å². The first-order chi connectivity index (χ1) is 18.8. The molecule has 1 aliphatic heterocycles. The number of halogens is 5. The molecule has 1 N–H and O–H groups in total. The molecule has 0 spiro atoms. The molecule has 1 amide bonds. The molecule has 0 aliphatic carbocycles. The van der Waals surface area contributed by atoms with E-state index >= 15 is 0 Å². The van der Waals surface area contributed by atoms with Crippen LogP contribution in [0, 0.1) is 18.6 Å². The maximum Gasteiger partial charge on any atom is 0.490 e. The van der Waals surface area contributed by atoms with Gasteiger partial charge in [-0.1, -0.05) is 12.1 Å². The van der Waals surface area contributed by atoms with E-state index < -0.39 is 23.8 Å². The average Bonchev–Trinajstić information content (AvgIpc) is 3.46. The number of aryl methyl sites for hydroxylation is 1. The number of rotatable bonds is 4. The van der Waals surface area contributed by atoms with Crippen molar-refractivity contribution < 1.29 is 36.6 Å². The van der Waals surface area contributed by atoms with Crippen LogP contribution in [0.4, 0.5) is 22.0 Å². The third-order valence-corrected chi connectivity index (χ3v) is 6.34. The second-order valence-electron chi connectivity index (χ2n) is 9.18. The number of nitrogens with zero attached hydrogens (tertiary/aromatic N) is 6. The van der Waals surface area contributed by atoms with E-state index in [4.69, 9.17) is 14.9 Å². The van der Waals surface area contributed by atoms with Gasteiger partial charge in [0.15, 0.2) is 11.5 Å². The highest BCUT2D eigenvalue weighted by molar-refractivity contribution is 6.00. The largest absolute Gasteiger partial charge is 0.490 e. The topological polar surface area (TPSA) is 96.0 Å². The van der Waals surface area contributed by atoms with Gasteiger partial charge in [0, 0.05) is 50.2 Å². The maximum absolute atomic E-state index is 14.2. The van der Waals surface area contributed by atoms with Crippen LogP contribution in [-0.4, -0.2) is 85.1 Å². The Kier molecular flexibility index (Phi) is 8.18. The van der Waals surface area contributed by atoms with E-state index in [-0.39, 0.29) is 12.5 Å². The van der Waals surface area contributed by atoms with Crippen LogP contribution in [0.1, 0.15) is 21.9 Å². The zero-order valence-electron chi connectivity index (χ0n) is 21.5. The molecular weight excluding hydrogens is 539 g/mol. The number of carbonyl (C=O) groups is 2. The molecule has 0 unspecified atom stereocenters. The predicted molar refractivity (Wildman–Crippen MR) is 134 cm³/mol. The van der Waals surface area contributed by atoms with Crippen molar-refractivity contribution in [1.82, 2.24) is 28.7 Å². The fraction of sp³-hybridized carbons (Fsp3) is 0.308. The second kappa shape index (κ2) is 11.4. The minimum Gasteiger partial charge on any atom is -0.475 e. The monoisotopic (exact) mass is 564 g/mol. The third kappa shape index (κ3) is 6.28. The molecule has 0 atom stereocenters. The number of fused-ring (bicyclic) bond motifs is 1. The quantitative estimate of drug-likeness (QED) is 0.379. The van der Waals surface area contributed by atoms with Gasteiger partial charge in [0.1, 0.15) is 23.2 Å². The van der Waals surface area contributed by atoms with Crippen molar-refractivity contribution in [1.29, 1.82) is 0 Å². The molecule has 1 aliphatic rings. The molecule has 4 heterocycles. The highest BCUT2D eigenvalue weighted by Crippen LogP contribution is 2.24. The summed E-state index contributed by atoms with van der Waals surface area (Å²) in [6.45, 7) is 5.00. The fourth-order valence-electron chi connectivity index (χ4n) is 4.14. The number of carbonyl (C=O) groups excluding carboxylic acids is 1. The molecule has 0 saturated carbocycles. The molecule has 14 heteroatoms. The van der Waals surface area contributed by atoms with Crippen LogP contribution in [0.2, 0.25) is 0 Å². The molecular formula is C26H25F5N6O3. The minimum atomic E-state index is -5.08. The van der Waals surface area contributed by atoms with Crippen LogP contribution in [0.25, 0.3) is 17.0 Å². The summed E-state index contributed by atoms with van der Waals surface area (Å²) in [5, 5.41) is 7.12. The van der Waals surface area contributed by atoms with Gasteiger partial charge in [0.25, 0.3) is 5.91 Å². The summed E-state index contributed by atoms with van der Waals surface area (Å²) in [6.07, 6.45) is -1.45. The summed E-state index contributed by atoms with van der Waals surface area (Å²) < 4.78 is 62.8. The Bertz CT molecular complexity index is 1540. The number of alkyl halides is 3. The maximum atomic E-state index is 14.2. The number of benzene rings is 1. The molecule has 1 fully saturated rings. The Morgan fingerprint density at radius 2 is 1.70 bits per heavy atom. The average molecular weight is 565 g/mol. The molecule has 9 nitrogen and oxygen atoms in total. The highest BCUT2D eigenvalue weighted by atomic mass is 19.4. The Labute approximate surface area is 225 Å². The molecule has 4 aromatic rings. The molecule has 1 aromatic carbocycles. The van der Waals surface area contributed by atoms with E-state index in [0.29, 0.717) is 47.2 Å². The van der Waals surface area contributed by atoms with Crippen LogP contribution in [0.3, 0.4) is 0 Å². The lowest BCUT2D eigenvalue weighted by atomic mass is 10.2. The summed E-state index contributed by atoms with van der Waals surface area (Å²) in [7, 11) is 2.04. The Morgan fingerprint density at radius 1 is 1.02 bits per heavy atom. The molecule has 5 rings (SSSR count). The lowest BCUT2D eigenvalue weighted by Crippen LogP contribution is -2.47. The highest BCUT2D eigenvalue weighted by Gasteiger charge is 2.38. The van der Waals surface area contributed by atoms with Gasteiger partial charge < -0.3 is 19.5 Å². The van der Waals surface area contributed by atoms with E-state index in [1.165, 1.54) is 12.1 Å². The van der Waals surface area contributed by atoms with Crippen molar-refractivity contribution in [3.8, 4) is 11.5 Å². The zero-order valence-corrected chi connectivity index (χ0v) is 21.5. The lowest BCUT2D eigenvalue weighted by molar-refractivity contribution is -0.192. The van der Waals surface area contributed by atoms with E-state index in [1.54, 1.807) is 10.8 Å². The van der Waals surface area contributed by atoms with Crippen molar-refractivity contribution >= 4 is 17.4 Å². The minimum absolute atomic E-state index is 0.0948. The van der Waals surface area contributed by atoms with Crippen LogP contribution < -0.4 is 0 Å². The van der Waals surface area contributed by atoms with Crippen molar-refractivity contribution in [2.24, 2.45) is 0 Å². The zero-order chi connectivity index (χ0) is 29.2. The normalized spacial score (nSPS) is 14.2. The van der Waals surface area contributed by atoms with Gasteiger partial charge in [-0.25, -0.2) is 23.5 Å². The standard InChI is InChI=1S/C24H24F2N6O.C2HF3O2/c1-16-27-20(15-31(16)14-17-6-7-18(25)13-19(17)26)23-28-22(21-5-3-4-8-32(21)23)24(33)30-11-9-29(2)10-12-30;3-2(4,5)1(6)7/h3-8,13,15H,9-12,14H2,1-2H3;(H,6,7). The molecule has 3 aromatic heterocycles. The van der Waals surface area contributed by atoms with Gasteiger partial charge in [-0.3, -0.25) is 9.20 Å². The number of carboxylic acid groups (broad SMARTS) is 1. The number of hydrogen-bond donors (Lipinski definition) is 1. The number of carboxylic acids is 1. The van der Waals surface area contributed by atoms with E-state index in [2.05, 4.69) is 9.88 Å². The fourth-order valence-corrected chi connectivity index (χ4v) is 4.14. The van der Waals surface area contributed by atoms with Crippen LogP contribution in [0.15, 0.2) is 48.8 Å². The van der Waals surface area contributed by atoms with Crippen molar-refractivity contribution in [3.05, 3.63) is 77.5 Å². The number of pyridine rings is 1. The number of aliphatic carboxylic acids is 1. The number of piperazine rings is 1. The molecule has 0 radical (unpaired) electrons. The summed E-state index contributed by atoms with van der Waals surface area (Å²) in [5.41, 5.74) is 2.05. The van der Waals surface area contributed by atoms with Gasteiger partial charge in [-0.2, -0.15) is 13.2 Å². The van der Waals surface area contributed by atoms with Gasteiger partial charge in [0.2, 0.25) is 0 Å². The molecule has 212 valence electrons. The van der Waals surface area contributed by atoms with Crippen LogP contribution in [-0.2, 0) is 11.3 Å². The number of amides is 1. The van der Waals surface area contributed by atoms with Crippen molar-refractivity contribution in [2.75, 3.05) is 33.2 Å². The van der Waals surface area contributed by atoms with E-state index in [9.17, 15) is 26.7 Å². The predicted octanol–water partition coefficient (Wildman–Crippen LogP) is 3.85. The third-order valence-electron chi connectivity index (χ3n) is 6.34. The summed E-state index contributed by atoms with van der Waals surface area (Å²) in [5.74, 6) is -2.86. The van der Waals surface area contributed by atoms with Gasteiger partial charge >= 0.3 is 12.1 Å². The smallest absolute Gasteiger partial charge is 0.475 e. The van der Waals surface area contributed by atoms with Gasteiger partial charge in [-0.05, 0) is 32.2 Å². The first kappa shape index (κ1) is 28.7. The first-order valence-electron chi connectivity index (χ1n) is 12.1. The summed E-state index contributed by atoms with van der Waals surface area (Å²) in [4.78, 5) is 35.5. The second-order valence-corrected chi connectivity index (χ2v) is 9.18. The summed E-state index contributed by atoms with van der Waals surface area (Å²) in [6, 6.07) is 9.17. The van der Waals surface area contributed by atoms with Crippen molar-refractivity contribution in [3.63, 3.8) is 0 Å². The number of hydrogen-bond acceptors (Lipinski definition) is 5.